The molecule has 1 aromatic carbocycles. The Balaban J connectivity index is 1.95. The maximum atomic E-state index is 10.2. The Morgan fingerprint density at radius 1 is 1.32 bits per heavy atom. The molecule has 0 saturated carbocycles. The molecule has 19 heavy (non-hydrogen) atoms. The summed E-state index contributed by atoms with van der Waals surface area (Å²) < 4.78 is 11.1. The quantitative estimate of drug-likeness (QED) is 0.793. The molecule has 0 fully saturated rings. The number of methoxy groups -OCH3 is 1. The Bertz CT molecular complexity index is 403. The van der Waals surface area contributed by atoms with E-state index >= 15 is 0 Å². The zero-order valence-electron chi connectivity index (χ0n) is 11.9. The summed E-state index contributed by atoms with van der Waals surface area (Å²) in [7, 11) is 1.63. The van der Waals surface area contributed by atoms with Gasteiger partial charge >= 0.3 is 0 Å². The Labute approximate surface area is 115 Å². The fourth-order valence-corrected chi connectivity index (χ4v) is 2.60. The minimum Gasteiger partial charge on any atom is -0.497 e. The van der Waals surface area contributed by atoms with Crippen molar-refractivity contribution >= 4 is 0 Å². The van der Waals surface area contributed by atoms with Gasteiger partial charge in [-0.05, 0) is 31.0 Å². The van der Waals surface area contributed by atoms with Crippen molar-refractivity contribution in [3.63, 3.8) is 0 Å². The van der Waals surface area contributed by atoms with Gasteiger partial charge in [0, 0.05) is 12.0 Å². The molecule has 0 amide bonds. The first-order valence-corrected chi connectivity index (χ1v) is 7.27. The number of benzene rings is 1. The lowest BCUT2D eigenvalue weighted by Gasteiger charge is -2.30. The maximum absolute atomic E-state index is 10.2. The van der Waals surface area contributed by atoms with E-state index in [1.807, 2.05) is 18.2 Å². The summed E-state index contributed by atoms with van der Waals surface area (Å²) in [4.78, 5) is 0. The first-order chi connectivity index (χ1) is 9.24. The topological polar surface area (TPSA) is 38.7 Å². The Morgan fingerprint density at radius 2 is 2.16 bits per heavy atom. The van der Waals surface area contributed by atoms with Crippen LogP contribution in [0.3, 0.4) is 0 Å². The first-order valence-electron chi connectivity index (χ1n) is 7.27. The lowest BCUT2D eigenvalue weighted by Crippen LogP contribution is -2.25. The van der Waals surface area contributed by atoms with E-state index in [1.54, 1.807) is 7.11 Å². The Hall–Kier alpha value is -1.22. The van der Waals surface area contributed by atoms with Gasteiger partial charge in [0.15, 0.2) is 0 Å². The third-order valence-corrected chi connectivity index (χ3v) is 3.74. The van der Waals surface area contributed by atoms with Crippen LogP contribution < -0.4 is 9.47 Å². The molecule has 0 radical (unpaired) electrons. The van der Waals surface area contributed by atoms with Crippen LogP contribution in [0.2, 0.25) is 0 Å². The van der Waals surface area contributed by atoms with Gasteiger partial charge in [-0.3, -0.25) is 0 Å². The van der Waals surface area contributed by atoms with Crippen LogP contribution in [0.5, 0.6) is 11.5 Å². The molecule has 3 heteroatoms. The molecule has 2 rings (SSSR count). The second-order valence-corrected chi connectivity index (χ2v) is 5.24. The minimum absolute atomic E-state index is 0.146. The summed E-state index contributed by atoms with van der Waals surface area (Å²) in [6.45, 7) is 2.21. The van der Waals surface area contributed by atoms with Gasteiger partial charge in [0.2, 0.25) is 0 Å². The van der Waals surface area contributed by atoms with Crippen molar-refractivity contribution in [2.45, 2.75) is 57.7 Å². The van der Waals surface area contributed by atoms with Crippen LogP contribution in [0.15, 0.2) is 18.2 Å². The van der Waals surface area contributed by atoms with Crippen LogP contribution >= 0.6 is 0 Å². The summed E-state index contributed by atoms with van der Waals surface area (Å²) in [6, 6.07) is 5.65. The highest BCUT2D eigenvalue weighted by molar-refractivity contribution is 5.43. The number of aliphatic hydroxyl groups excluding tert-OH is 1. The third kappa shape index (κ3) is 3.63. The molecular weight excluding hydrogens is 240 g/mol. The third-order valence-electron chi connectivity index (χ3n) is 3.74. The Morgan fingerprint density at radius 3 is 2.89 bits per heavy atom. The minimum atomic E-state index is -0.435. The van der Waals surface area contributed by atoms with Gasteiger partial charge in [-0.2, -0.15) is 0 Å². The molecule has 1 aliphatic rings. The largest absolute Gasteiger partial charge is 0.497 e. The van der Waals surface area contributed by atoms with Crippen molar-refractivity contribution in [3.05, 3.63) is 23.8 Å². The standard InChI is InChI=1S/C16H24O3/c1-3-4-5-6-7-13-11-15(17)14-10-12(18-2)8-9-16(14)19-13/h8-10,13,15,17H,3-7,11H2,1-2H3/t13?,15-/m1/s1. The average Bonchev–Trinajstić information content (AvgIpc) is 2.43. The molecule has 1 aliphatic heterocycles. The molecule has 1 unspecified atom stereocenters. The molecule has 1 N–H and O–H groups in total. The molecule has 0 aromatic heterocycles. The highest BCUT2D eigenvalue weighted by atomic mass is 16.5. The fraction of sp³-hybridized carbons (Fsp3) is 0.625. The summed E-state index contributed by atoms with van der Waals surface area (Å²) in [6.07, 6.45) is 6.38. The van der Waals surface area contributed by atoms with Gasteiger partial charge in [0.05, 0.1) is 13.2 Å². The number of hydrogen-bond acceptors (Lipinski definition) is 3. The predicted molar refractivity (Wildman–Crippen MR) is 75.7 cm³/mol. The van der Waals surface area contributed by atoms with Crippen molar-refractivity contribution < 1.29 is 14.6 Å². The monoisotopic (exact) mass is 264 g/mol. The highest BCUT2D eigenvalue weighted by Crippen LogP contribution is 2.38. The van der Waals surface area contributed by atoms with E-state index < -0.39 is 6.10 Å². The van der Waals surface area contributed by atoms with Crippen LogP contribution in [0.1, 0.15) is 57.1 Å². The van der Waals surface area contributed by atoms with Crippen molar-refractivity contribution in [1.82, 2.24) is 0 Å². The van der Waals surface area contributed by atoms with Gasteiger partial charge in [-0.25, -0.2) is 0 Å². The normalized spacial score (nSPS) is 21.6. The van der Waals surface area contributed by atoms with Crippen LogP contribution in [-0.4, -0.2) is 18.3 Å². The van der Waals surface area contributed by atoms with E-state index in [2.05, 4.69) is 6.92 Å². The van der Waals surface area contributed by atoms with E-state index in [1.165, 1.54) is 25.7 Å². The molecule has 0 aliphatic carbocycles. The van der Waals surface area contributed by atoms with Crippen LogP contribution in [-0.2, 0) is 0 Å². The lowest BCUT2D eigenvalue weighted by atomic mass is 9.96. The van der Waals surface area contributed by atoms with E-state index in [-0.39, 0.29) is 6.10 Å². The smallest absolute Gasteiger partial charge is 0.125 e. The van der Waals surface area contributed by atoms with Gasteiger partial charge in [-0.15, -0.1) is 0 Å². The van der Waals surface area contributed by atoms with Gasteiger partial charge in [-0.1, -0.05) is 26.2 Å². The second kappa shape index (κ2) is 6.80. The van der Waals surface area contributed by atoms with Crippen molar-refractivity contribution in [3.8, 4) is 11.5 Å². The Kier molecular flexibility index (Phi) is 5.08. The van der Waals surface area contributed by atoms with Crippen LogP contribution in [0, 0.1) is 0 Å². The predicted octanol–water partition coefficient (Wildman–Crippen LogP) is 3.85. The summed E-state index contributed by atoms with van der Waals surface area (Å²) >= 11 is 0. The van der Waals surface area contributed by atoms with Gasteiger partial charge in [0.1, 0.15) is 17.6 Å². The molecule has 0 saturated heterocycles. The van der Waals surface area contributed by atoms with E-state index in [9.17, 15) is 5.11 Å². The number of ether oxygens (including phenoxy) is 2. The highest BCUT2D eigenvalue weighted by Gasteiger charge is 2.26. The average molecular weight is 264 g/mol. The number of rotatable bonds is 6. The van der Waals surface area contributed by atoms with Gasteiger partial charge < -0.3 is 14.6 Å². The molecule has 3 nitrogen and oxygen atoms in total. The molecule has 1 heterocycles. The number of hydrogen-bond donors (Lipinski definition) is 1. The molecule has 1 aromatic rings. The van der Waals surface area contributed by atoms with E-state index in [0.717, 1.165) is 23.5 Å². The summed E-state index contributed by atoms with van der Waals surface area (Å²) in [5, 5.41) is 10.2. The molecule has 0 spiro atoms. The molecule has 106 valence electrons. The van der Waals surface area contributed by atoms with Gasteiger partial charge in [0.25, 0.3) is 0 Å². The zero-order valence-corrected chi connectivity index (χ0v) is 11.9. The van der Waals surface area contributed by atoms with Crippen LogP contribution in [0.4, 0.5) is 0 Å². The SMILES string of the molecule is CCCCCCC1C[C@@H](O)c2cc(OC)ccc2O1. The maximum Gasteiger partial charge on any atom is 0.125 e. The van der Waals surface area contributed by atoms with E-state index in [0.29, 0.717) is 6.42 Å². The number of aliphatic hydroxyl groups is 1. The van der Waals surface area contributed by atoms with Crippen molar-refractivity contribution in [2.24, 2.45) is 0 Å². The lowest BCUT2D eigenvalue weighted by molar-refractivity contribution is 0.0602. The number of unbranched alkanes of at least 4 members (excludes halogenated alkanes) is 3. The molecule has 0 bridgehead atoms. The fourth-order valence-electron chi connectivity index (χ4n) is 2.60. The molecule has 2 atom stereocenters. The first kappa shape index (κ1) is 14.2. The van der Waals surface area contributed by atoms with Crippen molar-refractivity contribution in [2.75, 3.05) is 7.11 Å². The second-order valence-electron chi connectivity index (χ2n) is 5.24. The summed E-state index contributed by atoms with van der Waals surface area (Å²) in [5.74, 6) is 1.57. The van der Waals surface area contributed by atoms with Crippen LogP contribution in [0.25, 0.3) is 0 Å². The molecular formula is C16H24O3. The van der Waals surface area contributed by atoms with Crippen molar-refractivity contribution in [1.29, 1.82) is 0 Å². The zero-order chi connectivity index (χ0) is 13.7. The number of fused-ring (bicyclic) bond motifs is 1. The summed E-state index contributed by atoms with van der Waals surface area (Å²) in [5.41, 5.74) is 0.851. The van der Waals surface area contributed by atoms with E-state index in [4.69, 9.17) is 9.47 Å².